The van der Waals surface area contributed by atoms with Crippen molar-refractivity contribution in [2.24, 2.45) is 5.41 Å². The zero-order valence-electron chi connectivity index (χ0n) is 12.5. The Kier molecular flexibility index (Phi) is 4.55. The van der Waals surface area contributed by atoms with Crippen LogP contribution >= 0.6 is 11.6 Å². The van der Waals surface area contributed by atoms with E-state index < -0.39 is 5.60 Å². The fourth-order valence-electron chi connectivity index (χ4n) is 2.92. The second kappa shape index (κ2) is 5.87. The Morgan fingerprint density at radius 3 is 2.45 bits per heavy atom. The van der Waals surface area contributed by atoms with Crippen molar-refractivity contribution in [1.82, 2.24) is 0 Å². The highest BCUT2D eigenvalue weighted by Crippen LogP contribution is 2.42. The van der Waals surface area contributed by atoms with Gasteiger partial charge in [-0.2, -0.15) is 0 Å². The van der Waals surface area contributed by atoms with Gasteiger partial charge < -0.3 is 4.74 Å². The van der Waals surface area contributed by atoms with Gasteiger partial charge in [0.15, 0.2) is 5.78 Å². The van der Waals surface area contributed by atoms with Crippen LogP contribution < -0.4 is 0 Å². The molecule has 1 aromatic rings. The Labute approximate surface area is 126 Å². The highest BCUT2D eigenvalue weighted by Gasteiger charge is 2.43. The molecule has 2 nitrogen and oxygen atoms in total. The summed E-state index contributed by atoms with van der Waals surface area (Å²) in [6.45, 7) is 4.52. The molecule has 0 atom stereocenters. The Hall–Kier alpha value is -0.860. The van der Waals surface area contributed by atoms with Gasteiger partial charge in [0.1, 0.15) is 5.60 Å². The van der Waals surface area contributed by atoms with E-state index in [9.17, 15) is 4.79 Å². The standard InChI is InChI=1S/C17H23ClO2/c1-16(2)7-9-17(20-3,10-8-16)15(19)12-13-5-4-6-14(18)11-13/h4-6,11H,7-10,12H2,1-3H3. The molecular formula is C17H23ClO2. The van der Waals surface area contributed by atoms with E-state index in [1.807, 2.05) is 24.3 Å². The lowest BCUT2D eigenvalue weighted by Crippen LogP contribution is -2.46. The molecule has 110 valence electrons. The van der Waals surface area contributed by atoms with E-state index in [4.69, 9.17) is 16.3 Å². The number of ketones is 1. The highest BCUT2D eigenvalue weighted by atomic mass is 35.5. The maximum Gasteiger partial charge on any atom is 0.168 e. The van der Waals surface area contributed by atoms with Crippen molar-refractivity contribution in [3.05, 3.63) is 34.9 Å². The molecule has 0 bridgehead atoms. The van der Waals surface area contributed by atoms with Crippen LogP contribution in [-0.2, 0) is 16.0 Å². The van der Waals surface area contributed by atoms with Crippen LogP contribution in [0, 0.1) is 5.41 Å². The Bertz CT molecular complexity index is 484. The average molecular weight is 295 g/mol. The minimum absolute atomic E-state index is 0.178. The number of halogens is 1. The van der Waals surface area contributed by atoms with Gasteiger partial charge in [-0.15, -0.1) is 0 Å². The molecule has 0 spiro atoms. The highest BCUT2D eigenvalue weighted by molar-refractivity contribution is 6.30. The first kappa shape index (κ1) is 15.5. The van der Waals surface area contributed by atoms with Gasteiger partial charge in [0.05, 0.1) is 0 Å². The summed E-state index contributed by atoms with van der Waals surface area (Å²) < 4.78 is 5.65. The number of Topliss-reactive ketones (excluding diaryl/α,β-unsaturated/α-hetero) is 1. The lowest BCUT2D eigenvalue weighted by molar-refractivity contribution is -0.147. The fourth-order valence-corrected chi connectivity index (χ4v) is 3.13. The van der Waals surface area contributed by atoms with Crippen LogP contribution in [0.4, 0.5) is 0 Å². The zero-order valence-corrected chi connectivity index (χ0v) is 13.3. The number of methoxy groups -OCH3 is 1. The Morgan fingerprint density at radius 1 is 1.25 bits per heavy atom. The predicted molar refractivity (Wildman–Crippen MR) is 82.2 cm³/mol. The molecule has 0 amide bonds. The molecule has 2 rings (SSSR count). The summed E-state index contributed by atoms with van der Waals surface area (Å²) in [6.07, 6.45) is 4.09. The Morgan fingerprint density at radius 2 is 1.90 bits per heavy atom. The quantitative estimate of drug-likeness (QED) is 0.821. The van der Waals surface area contributed by atoms with Crippen LogP contribution in [0.15, 0.2) is 24.3 Å². The van der Waals surface area contributed by atoms with Crippen molar-refractivity contribution in [2.75, 3.05) is 7.11 Å². The van der Waals surface area contributed by atoms with Crippen molar-refractivity contribution in [3.8, 4) is 0 Å². The number of rotatable bonds is 4. The van der Waals surface area contributed by atoms with Gasteiger partial charge in [-0.3, -0.25) is 4.79 Å². The van der Waals surface area contributed by atoms with Crippen LogP contribution in [0.2, 0.25) is 5.02 Å². The third kappa shape index (κ3) is 3.42. The van der Waals surface area contributed by atoms with E-state index >= 15 is 0 Å². The van der Waals surface area contributed by atoms with Crippen molar-refractivity contribution in [2.45, 2.75) is 51.6 Å². The lowest BCUT2D eigenvalue weighted by Gasteiger charge is -2.41. The average Bonchev–Trinajstić information content (AvgIpc) is 2.39. The summed E-state index contributed by atoms with van der Waals surface area (Å²) in [7, 11) is 1.66. The molecule has 0 N–H and O–H groups in total. The van der Waals surface area contributed by atoms with E-state index in [0.29, 0.717) is 16.9 Å². The summed E-state index contributed by atoms with van der Waals surface area (Å²) in [5.41, 5.74) is 0.680. The molecular weight excluding hydrogens is 272 g/mol. The summed E-state index contributed by atoms with van der Waals surface area (Å²) in [5.74, 6) is 0.178. The minimum Gasteiger partial charge on any atom is -0.370 e. The van der Waals surface area contributed by atoms with Gasteiger partial charge in [0, 0.05) is 18.6 Å². The number of carbonyl (C=O) groups is 1. The zero-order chi connectivity index (χ0) is 14.8. The van der Waals surface area contributed by atoms with Crippen LogP contribution in [0.5, 0.6) is 0 Å². The summed E-state index contributed by atoms with van der Waals surface area (Å²) in [5, 5.41) is 0.673. The minimum atomic E-state index is -0.599. The summed E-state index contributed by atoms with van der Waals surface area (Å²) >= 11 is 5.98. The van der Waals surface area contributed by atoms with E-state index in [0.717, 1.165) is 31.2 Å². The third-order valence-electron chi connectivity index (χ3n) is 4.56. The molecule has 20 heavy (non-hydrogen) atoms. The molecule has 0 heterocycles. The second-order valence-corrected chi connectivity index (χ2v) is 7.03. The smallest absolute Gasteiger partial charge is 0.168 e. The molecule has 0 aliphatic heterocycles. The van der Waals surface area contributed by atoms with Crippen LogP contribution in [0.1, 0.15) is 45.1 Å². The number of ether oxygens (including phenoxy) is 1. The molecule has 1 fully saturated rings. The SMILES string of the molecule is COC1(C(=O)Cc2cccc(Cl)c2)CCC(C)(C)CC1. The molecule has 0 radical (unpaired) electrons. The number of hydrogen-bond acceptors (Lipinski definition) is 2. The van der Waals surface area contributed by atoms with Crippen molar-refractivity contribution < 1.29 is 9.53 Å². The molecule has 1 aliphatic carbocycles. The van der Waals surface area contributed by atoms with E-state index in [-0.39, 0.29) is 5.78 Å². The topological polar surface area (TPSA) is 26.3 Å². The van der Waals surface area contributed by atoms with Gasteiger partial charge in [-0.25, -0.2) is 0 Å². The summed E-state index contributed by atoms with van der Waals surface area (Å²) in [6, 6.07) is 7.51. The van der Waals surface area contributed by atoms with Gasteiger partial charge >= 0.3 is 0 Å². The second-order valence-electron chi connectivity index (χ2n) is 6.59. The number of hydrogen-bond donors (Lipinski definition) is 0. The Balaban J connectivity index is 2.10. The lowest BCUT2D eigenvalue weighted by atomic mass is 9.69. The first-order chi connectivity index (χ1) is 9.37. The molecule has 1 aromatic carbocycles. The maximum atomic E-state index is 12.7. The molecule has 0 aromatic heterocycles. The largest absolute Gasteiger partial charge is 0.370 e. The first-order valence-electron chi connectivity index (χ1n) is 7.20. The van der Waals surface area contributed by atoms with E-state index in [2.05, 4.69) is 13.8 Å². The van der Waals surface area contributed by atoms with Crippen LogP contribution in [-0.4, -0.2) is 18.5 Å². The molecule has 1 saturated carbocycles. The van der Waals surface area contributed by atoms with Crippen molar-refractivity contribution >= 4 is 17.4 Å². The van der Waals surface area contributed by atoms with Gasteiger partial charge in [0.2, 0.25) is 0 Å². The molecule has 0 saturated heterocycles. The molecule has 0 unspecified atom stereocenters. The van der Waals surface area contributed by atoms with Crippen molar-refractivity contribution in [3.63, 3.8) is 0 Å². The van der Waals surface area contributed by atoms with Gasteiger partial charge in [-0.05, 0) is 48.8 Å². The van der Waals surface area contributed by atoms with Crippen LogP contribution in [0.3, 0.4) is 0 Å². The number of benzene rings is 1. The van der Waals surface area contributed by atoms with Gasteiger partial charge in [0.25, 0.3) is 0 Å². The molecule has 1 aliphatic rings. The third-order valence-corrected chi connectivity index (χ3v) is 4.80. The van der Waals surface area contributed by atoms with E-state index in [1.54, 1.807) is 7.11 Å². The van der Waals surface area contributed by atoms with E-state index in [1.165, 1.54) is 0 Å². The first-order valence-corrected chi connectivity index (χ1v) is 7.58. The van der Waals surface area contributed by atoms with Crippen molar-refractivity contribution in [1.29, 1.82) is 0 Å². The fraction of sp³-hybridized carbons (Fsp3) is 0.588. The predicted octanol–water partition coefficient (Wildman–Crippen LogP) is 4.44. The maximum absolute atomic E-state index is 12.7. The van der Waals surface area contributed by atoms with Crippen LogP contribution in [0.25, 0.3) is 0 Å². The number of carbonyl (C=O) groups excluding carboxylic acids is 1. The van der Waals surface area contributed by atoms with Gasteiger partial charge in [-0.1, -0.05) is 37.6 Å². The molecule has 3 heteroatoms. The summed E-state index contributed by atoms with van der Waals surface area (Å²) in [4.78, 5) is 12.7. The normalized spacial score (nSPS) is 20.6. The monoisotopic (exact) mass is 294 g/mol.